The summed E-state index contributed by atoms with van der Waals surface area (Å²) in [7, 11) is -2.37. The van der Waals surface area contributed by atoms with Gasteiger partial charge in [-0.05, 0) is 48.5 Å². The van der Waals surface area contributed by atoms with Gasteiger partial charge in [-0.1, -0.05) is 36.4 Å². The van der Waals surface area contributed by atoms with Gasteiger partial charge >= 0.3 is 5.97 Å². The van der Waals surface area contributed by atoms with Gasteiger partial charge in [0.05, 0.1) is 28.6 Å². The van der Waals surface area contributed by atoms with Crippen molar-refractivity contribution in [3.8, 4) is 6.07 Å². The first-order valence-corrected chi connectivity index (χ1v) is 11.8. The summed E-state index contributed by atoms with van der Waals surface area (Å²) in [5.74, 6) is -1.24. The summed E-state index contributed by atoms with van der Waals surface area (Å²) < 4.78 is 32.0. The lowest BCUT2D eigenvalue weighted by Crippen LogP contribution is -2.35. The van der Waals surface area contributed by atoms with Gasteiger partial charge in [0.15, 0.2) is 6.61 Å². The maximum Gasteiger partial charge on any atom is 0.338 e. The van der Waals surface area contributed by atoms with Gasteiger partial charge in [0.25, 0.3) is 15.9 Å². The topological polar surface area (TPSA) is 108 Å². The van der Waals surface area contributed by atoms with Crippen molar-refractivity contribution in [1.82, 2.24) is 0 Å². The Labute approximate surface area is 198 Å². The van der Waals surface area contributed by atoms with Gasteiger partial charge in [0.2, 0.25) is 0 Å². The molecule has 174 valence electrons. The van der Waals surface area contributed by atoms with E-state index in [1.807, 2.05) is 6.07 Å². The van der Waals surface area contributed by atoms with Crippen molar-refractivity contribution in [3.63, 3.8) is 0 Å². The predicted octanol–water partition coefficient (Wildman–Crippen LogP) is 3.62. The lowest BCUT2D eigenvalue weighted by atomic mass is 10.2. The second kappa shape index (κ2) is 11.1. The normalized spacial score (nSPS) is 10.7. The van der Waals surface area contributed by atoms with Crippen LogP contribution in [0.4, 0.5) is 11.4 Å². The molecular formula is C25H23N3O5S. The van der Waals surface area contributed by atoms with E-state index >= 15 is 0 Å². The maximum absolute atomic E-state index is 12.9. The molecule has 0 aliphatic rings. The summed E-state index contributed by atoms with van der Waals surface area (Å²) in [4.78, 5) is 26.5. The van der Waals surface area contributed by atoms with Gasteiger partial charge in [-0.2, -0.15) is 5.26 Å². The number of nitriles is 1. The van der Waals surface area contributed by atoms with Crippen LogP contribution in [0.25, 0.3) is 0 Å². The zero-order chi connectivity index (χ0) is 24.6. The van der Waals surface area contributed by atoms with Crippen LogP contribution in [-0.2, 0) is 19.6 Å². The first-order valence-electron chi connectivity index (χ1n) is 10.4. The number of ether oxygens (including phenoxy) is 1. The van der Waals surface area contributed by atoms with E-state index in [0.717, 1.165) is 4.31 Å². The molecule has 0 N–H and O–H groups in total. The highest BCUT2D eigenvalue weighted by molar-refractivity contribution is 7.92. The Morgan fingerprint density at radius 1 is 0.882 bits per heavy atom. The van der Waals surface area contributed by atoms with Crippen LogP contribution in [0, 0.1) is 11.3 Å². The third-order valence-corrected chi connectivity index (χ3v) is 6.81. The molecule has 3 aromatic rings. The fourth-order valence-electron chi connectivity index (χ4n) is 3.15. The number of amides is 1. The van der Waals surface area contributed by atoms with E-state index in [0.29, 0.717) is 11.4 Å². The largest absolute Gasteiger partial charge is 0.452 e. The molecule has 0 atom stereocenters. The molecule has 3 rings (SSSR count). The van der Waals surface area contributed by atoms with E-state index in [-0.39, 0.29) is 23.4 Å². The molecule has 1 amide bonds. The lowest BCUT2D eigenvalue weighted by molar-refractivity contribution is -0.121. The molecular weight excluding hydrogens is 454 g/mol. The Morgan fingerprint density at radius 3 is 2.00 bits per heavy atom. The highest BCUT2D eigenvalue weighted by Gasteiger charge is 2.22. The minimum absolute atomic E-state index is 0.0123. The summed E-state index contributed by atoms with van der Waals surface area (Å²) in [5, 5.41) is 8.87. The lowest BCUT2D eigenvalue weighted by Gasteiger charge is -2.21. The second-order valence-electron chi connectivity index (χ2n) is 7.20. The molecule has 0 saturated heterocycles. The molecule has 0 radical (unpaired) electrons. The molecule has 0 aliphatic carbocycles. The average molecular weight is 478 g/mol. The second-order valence-corrected chi connectivity index (χ2v) is 9.17. The Morgan fingerprint density at radius 2 is 1.44 bits per heavy atom. The van der Waals surface area contributed by atoms with Crippen LogP contribution < -0.4 is 9.21 Å². The quantitative estimate of drug-likeness (QED) is 0.436. The monoisotopic (exact) mass is 477 g/mol. The standard InChI is InChI=1S/C25H23N3O5S/c1-27(21-9-4-2-5-10-21)34(31,32)23-15-13-20(14-16-23)25(30)33-19-24(29)28(18-8-17-26)22-11-6-3-7-12-22/h2-7,9-16H,8,18-19H2,1H3. The summed E-state index contributed by atoms with van der Waals surface area (Å²) in [5.41, 5.74) is 1.21. The van der Waals surface area contributed by atoms with Crippen molar-refractivity contribution >= 4 is 33.3 Å². The third-order valence-electron chi connectivity index (χ3n) is 5.01. The number of nitrogens with zero attached hydrogens (tertiary/aromatic N) is 3. The zero-order valence-corrected chi connectivity index (χ0v) is 19.3. The molecule has 0 fully saturated rings. The molecule has 8 nitrogen and oxygen atoms in total. The number of anilines is 2. The van der Waals surface area contributed by atoms with Crippen molar-refractivity contribution in [3.05, 3.63) is 90.5 Å². The van der Waals surface area contributed by atoms with Crippen LogP contribution in [0.2, 0.25) is 0 Å². The van der Waals surface area contributed by atoms with Crippen LogP contribution in [0.1, 0.15) is 16.8 Å². The van der Waals surface area contributed by atoms with Crippen LogP contribution in [-0.4, -0.2) is 40.5 Å². The summed E-state index contributed by atoms with van der Waals surface area (Å²) in [6.07, 6.45) is 0.127. The fraction of sp³-hybridized carbons (Fsp3) is 0.160. The van der Waals surface area contributed by atoms with Gasteiger partial charge in [-0.15, -0.1) is 0 Å². The first kappa shape index (κ1) is 24.5. The highest BCUT2D eigenvalue weighted by Crippen LogP contribution is 2.22. The molecule has 0 unspecified atom stereocenters. The zero-order valence-electron chi connectivity index (χ0n) is 18.5. The van der Waals surface area contributed by atoms with Crippen molar-refractivity contribution in [1.29, 1.82) is 5.26 Å². The van der Waals surface area contributed by atoms with Gasteiger partial charge < -0.3 is 9.64 Å². The Bertz CT molecular complexity index is 1270. The first-order chi connectivity index (χ1) is 16.3. The molecule has 0 spiro atoms. The number of carbonyl (C=O) groups is 2. The number of hydrogen-bond donors (Lipinski definition) is 0. The summed E-state index contributed by atoms with van der Waals surface area (Å²) in [6, 6.07) is 24.7. The van der Waals surface area contributed by atoms with Crippen LogP contribution >= 0.6 is 0 Å². The summed E-state index contributed by atoms with van der Waals surface area (Å²) >= 11 is 0. The smallest absolute Gasteiger partial charge is 0.338 e. The highest BCUT2D eigenvalue weighted by atomic mass is 32.2. The van der Waals surface area contributed by atoms with Crippen molar-refractivity contribution in [2.75, 3.05) is 29.4 Å². The Hall–Kier alpha value is -4.16. The van der Waals surface area contributed by atoms with Crippen molar-refractivity contribution in [2.24, 2.45) is 0 Å². The average Bonchev–Trinajstić information content (AvgIpc) is 2.88. The minimum atomic E-state index is -3.82. The van der Waals surface area contributed by atoms with Crippen molar-refractivity contribution < 1.29 is 22.7 Å². The molecule has 9 heteroatoms. The number of hydrogen-bond acceptors (Lipinski definition) is 6. The van der Waals surface area contributed by atoms with E-state index in [4.69, 9.17) is 10.00 Å². The van der Waals surface area contributed by atoms with Gasteiger partial charge in [-0.25, -0.2) is 13.2 Å². The van der Waals surface area contributed by atoms with Crippen LogP contribution in [0.15, 0.2) is 89.8 Å². The van der Waals surface area contributed by atoms with E-state index in [1.54, 1.807) is 60.7 Å². The summed E-state index contributed by atoms with van der Waals surface area (Å²) in [6.45, 7) is -0.353. The van der Waals surface area contributed by atoms with Crippen LogP contribution in [0.3, 0.4) is 0 Å². The van der Waals surface area contributed by atoms with Gasteiger partial charge in [0.1, 0.15) is 0 Å². The molecule has 0 heterocycles. The van der Waals surface area contributed by atoms with Gasteiger partial charge in [0, 0.05) is 19.3 Å². The van der Waals surface area contributed by atoms with Gasteiger partial charge in [-0.3, -0.25) is 9.10 Å². The van der Waals surface area contributed by atoms with E-state index in [1.165, 1.54) is 36.2 Å². The molecule has 0 saturated carbocycles. The molecule has 0 aliphatic heterocycles. The molecule has 0 aromatic heterocycles. The number of para-hydroxylation sites is 2. The number of esters is 1. The van der Waals surface area contributed by atoms with E-state index < -0.39 is 28.5 Å². The fourth-order valence-corrected chi connectivity index (χ4v) is 4.35. The predicted molar refractivity (Wildman–Crippen MR) is 128 cm³/mol. The number of benzene rings is 3. The molecule has 3 aromatic carbocycles. The van der Waals surface area contributed by atoms with Crippen LogP contribution in [0.5, 0.6) is 0 Å². The number of rotatable bonds is 9. The minimum Gasteiger partial charge on any atom is -0.452 e. The maximum atomic E-state index is 12.9. The Balaban J connectivity index is 1.66. The SMILES string of the molecule is CN(c1ccccc1)S(=O)(=O)c1ccc(C(=O)OCC(=O)N(CCC#N)c2ccccc2)cc1. The van der Waals surface area contributed by atoms with Crippen molar-refractivity contribution in [2.45, 2.75) is 11.3 Å². The number of carbonyl (C=O) groups excluding carboxylic acids is 2. The third kappa shape index (κ3) is 5.79. The molecule has 0 bridgehead atoms. The van der Waals surface area contributed by atoms with E-state index in [9.17, 15) is 18.0 Å². The van der Waals surface area contributed by atoms with E-state index in [2.05, 4.69) is 0 Å². The number of sulfonamides is 1. The molecule has 34 heavy (non-hydrogen) atoms. The Kier molecular flexibility index (Phi) is 8.01.